The minimum atomic E-state index is -3.24. The maximum Gasteiger partial charge on any atom is 0.387 e. The molecule has 0 radical (unpaired) electrons. The summed E-state index contributed by atoms with van der Waals surface area (Å²) >= 11 is 0. The molecule has 0 atom stereocenters. The standard InChI is InChI=1S/C28H40F4O/c1-2-3-4-5-6-7-20-8-10-21(11-9-20)12-13-22-14-16-23(17-15-22)24-18-25(29)27(26(30)19-24)33-28(31)32/h2-3,18-23,28H,4-17H2,1H3/b3-2+. The van der Waals surface area contributed by atoms with Crippen molar-refractivity contribution in [2.45, 2.75) is 109 Å². The Hall–Kier alpha value is -1.52. The van der Waals surface area contributed by atoms with E-state index < -0.39 is 24.0 Å². The summed E-state index contributed by atoms with van der Waals surface area (Å²) < 4.78 is 56.8. The molecule has 3 rings (SSSR count). The molecule has 1 nitrogen and oxygen atoms in total. The van der Waals surface area contributed by atoms with Crippen LogP contribution in [0.15, 0.2) is 24.3 Å². The monoisotopic (exact) mass is 468 g/mol. The summed E-state index contributed by atoms with van der Waals surface area (Å²) in [5, 5.41) is 0. The van der Waals surface area contributed by atoms with Crippen LogP contribution in [0.4, 0.5) is 17.6 Å². The van der Waals surface area contributed by atoms with E-state index in [-0.39, 0.29) is 5.92 Å². The molecule has 0 aliphatic heterocycles. The lowest BCUT2D eigenvalue weighted by atomic mass is 9.74. The number of ether oxygens (including phenoxy) is 1. The van der Waals surface area contributed by atoms with Crippen molar-refractivity contribution in [1.29, 1.82) is 0 Å². The summed E-state index contributed by atoms with van der Waals surface area (Å²) in [5.74, 6) is -0.476. The van der Waals surface area contributed by atoms with E-state index in [1.807, 2.05) is 0 Å². The fourth-order valence-corrected chi connectivity index (χ4v) is 5.94. The number of hydrogen-bond acceptors (Lipinski definition) is 1. The van der Waals surface area contributed by atoms with Gasteiger partial charge in [0, 0.05) is 0 Å². The minimum absolute atomic E-state index is 0.0918. The van der Waals surface area contributed by atoms with Crippen molar-refractivity contribution in [2.24, 2.45) is 17.8 Å². The van der Waals surface area contributed by atoms with Crippen LogP contribution in [0.2, 0.25) is 0 Å². The van der Waals surface area contributed by atoms with E-state index in [1.165, 1.54) is 76.3 Å². The number of halogens is 4. The van der Waals surface area contributed by atoms with E-state index in [4.69, 9.17) is 0 Å². The second-order valence-corrected chi connectivity index (χ2v) is 10.2. The Bertz CT molecular complexity index is 708. The van der Waals surface area contributed by atoms with Crippen molar-refractivity contribution < 1.29 is 22.3 Å². The van der Waals surface area contributed by atoms with E-state index in [0.29, 0.717) is 11.5 Å². The molecule has 1 aromatic rings. The summed E-state index contributed by atoms with van der Waals surface area (Å²) in [6.07, 6.45) is 21.8. The van der Waals surface area contributed by atoms with E-state index in [9.17, 15) is 17.6 Å². The summed E-state index contributed by atoms with van der Waals surface area (Å²) in [6.45, 7) is -1.15. The molecule has 0 spiro atoms. The van der Waals surface area contributed by atoms with Gasteiger partial charge in [-0.15, -0.1) is 0 Å². The molecular weight excluding hydrogens is 428 g/mol. The molecule has 5 heteroatoms. The molecule has 186 valence electrons. The van der Waals surface area contributed by atoms with Crippen molar-refractivity contribution >= 4 is 0 Å². The van der Waals surface area contributed by atoms with Gasteiger partial charge in [0.25, 0.3) is 0 Å². The zero-order chi connectivity index (χ0) is 23.6. The van der Waals surface area contributed by atoms with Crippen LogP contribution in [0, 0.1) is 29.4 Å². The Morgan fingerprint density at radius 2 is 1.33 bits per heavy atom. The first-order valence-corrected chi connectivity index (χ1v) is 13.0. The van der Waals surface area contributed by atoms with Crippen LogP contribution in [0.3, 0.4) is 0 Å². The van der Waals surface area contributed by atoms with Crippen LogP contribution in [0.25, 0.3) is 0 Å². The molecule has 2 aliphatic carbocycles. The average Bonchev–Trinajstić information content (AvgIpc) is 2.81. The van der Waals surface area contributed by atoms with Gasteiger partial charge in [0.05, 0.1) is 0 Å². The smallest absolute Gasteiger partial charge is 0.387 e. The van der Waals surface area contributed by atoms with Crippen molar-refractivity contribution in [3.05, 3.63) is 41.5 Å². The van der Waals surface area contributed by atoms with Gasteiger partial charge in [-0.1, -0.05) is 63.5 Å². The molecule has 0 unspecified atom stereocenters. The molecule has 0 saturated heterocycles. The van der Waals surface area contributed by atoms with Crippen LogP contribution in [0.1, 0.15) is 108 Å². The Kier molecular flexibility index (Phi) is 10.6. The molecule has 0 bridgehead atoms. The Balaban J connectivity index is 1.34. The van der Waals surface area contributed by atoms with E-state index in [2.05, 4.69) is 23.8 Å². The third kappa shape index (κ3) is 8.33. The van der Waals surface area contributed by atoms with Crippen LogP contribution in [-0.4, -0.2) is 6.61 Å². The fraction of sp³-hybridized carbons (Fsp3) is 0.714. The predicted molar refractivity (Wildman–Crippen MR) is 126 cm³/mol. The summed E-state index contributed by atoms with van der Waals surface area (Å²) in [7, 11) is 0. The Morgan fingerprint density at radius 3 is 1.85 bits per heavy atom. The summed E-state index contributed by atoms with van der Waals surface area (Å²) in [5.41, 5.74) is 0.564. The number of hydrogen-bond donors (Lipinski definition) is 0. The van der Waals surface area contributed by atoms with Gasteiger partial charge in [0.2, 0.25) is 0 Å². The van der Waals surface area contributed by atoms with Gasteiger partial charge in [0.15, 0.2) is 17.4 Å². The van der Waals surface area contributed by atoms with E-state index in [0.717, 1.165) is 37.5 Å². The largest absolute Gasteiger partial charge is 0.429 e. The SMILES string of the molecule is C/C=C/CCCCC1CCC(CCC2CCC(c3cc(F)c(OC(F)F)c(F)c3)CC2)CC1. The quantitative estimate of drug-likeness (QED) is 0.178. The summed E-state index contributed by atoms with van der Waals surface area (Å²) in [4.78, 5) is 0. The van der Waals surface area contributed by atoms with Crippen molar-refractivity contribution in [3.63, 3.8) is 0 Å². The van der Waals surface area contributed by atoms with Gasteiger partial charge in [-0.25, -0.2) is 8.78 Å². The molecular formula is C28H40F4O. The lowest BCUT2D eigenvalue weighted by Gasteiger charge is -2.32. The first kappa shape index (κ1) is 26.1. The van der Waals surface area contributed by atoms with E-state index >= 15 is 0 Å². The lowest BCUT2D eigenvalue weighted by Crippen LogP contribution is -2.18. The Labute approximate surface area is 197 Å². The highest BCUT2D eigenvalue weighted by molar-refractivity contribution is 5.33. The molecule has 0 heterocycles. The van der Waals surface area contributed by atoms with Crippen LogP contribution >= 0.6 is 0 Å². The van der Waals surface area contributed by atoms with Gasteiger partial charge in [-0.2, -0.15) is 8.78 Å². The minimum Gasteiger partial charge on any atom is -0.429 e. The molecule has 2 aliphatic rings. The normalized spacial score (nSPS) is 26.2. The van der Waals surface area contributed by atoms with Crippen LogP contribution in [0.5, 0.6) is 5.75 Å². The highest BCUT2D eigenvalue weighted by atomic mass is 19.3. The number of allylic oxidation sites excluding steroid dienone is 2. The second kappa shape index (κ2) is 13.4. The zero-order valence-corrected chi connectivity index (χ0v) is 20.0. The van der Waals surface area contributed by atoms with Gasteiger partial charge in [-0.05, 0) is 86.8 Å². The maximum atomic E-state index is 14.1. The highest BCUT2D eigenvalue weighted by Crippen LogP contribution is 2.41. The maximum absolute atomic E-state index is 14.1. The lowest BCUT2D eigenvalue weighted by molar-refractivity contribution is -0.0546. The number of rotatable bonds is 11. The Morgan fingerprint density at radius 1 is 0.818 bits per heavy atom. The van der Waals surface area contributed by atoms with Gasteiger partial charge >= 0.3 is 6.61 Å². The van der Waals surface area contributed by atoms with E-state index in [1.54, 1.807) is 0 Å². The zero-order valence-electron chi connectivity index (χ0n) is 20.0. The van der Waals surface area contributed by atoms with Gasteiger partial charge in [0.1, 0.15) is 0 Å². The van der Waals surface area contributed by atoms with Gasteiger partial charge in [-0.3, -0.25) is 0 Å². The first-order chi connectivity index (χ1) is 16.0. The molecule has 0 aromatic heterocycles. The third-order valence-electron chi connectivity index (χ3n) is 7.96. The van der Waals surface area contributed by atoms with Crippen molar-refractivity contribution in [3.8, 4) is 5.75 Å². The fourth-order valence-electron chi connectivity index (χ4n) is 5.94. The average molecular weight is 469 g/mol. The topological polar surface area (TPSA) is 9.23 Å². The number of benzene rings is 1. The molecule has 1 aromatic carbocycles. The number of alkyl halides is 2. The molecule has 0 amide bonds. The van der Waals surface area contributed by atoms with Gasteiger partial charge < -0.3 is 4.74 Å². The third-order valence-corrected chi connectivity index (χ3v) is 7.96. The molecule has 2 fully saturated rings. The van der Waals surface area contributed by atoms with Crippen LogP contribution < -0.4 is 4.74 Å². The predicted octanol–water partition coefficient (Wildman–Crippen LogP) is 9.56. The molecule has 2 saturated carbocycles. The van der Waals surface area contributed by atoms with Crippen molar-refractivity contribution in [1.82, 2.24) is 0 Å². The van der Waals surface area contributed by atoms with Crippen LogP contribution in [-0.2, 0) is 0 Å². The first-order valence-electron chi connectivity index (χ1n) is 13.0. The highest BCUT2D eigenvalue weighted by Gasteiger charge is 2.27. The van der Waals surface area contributed by atoms with Crippen molar-refractivity contribution in [2.75, 3.05) is 0 Å². The second-order valence-electron chi connectivity index (χ2n) is 10.2. The summed E-state index contributed by atoms with van der Waals surface area (Å²) in [6, 6.07) is 2.34. The number of unbranched alkanes of at least 4 members (excludes halogenated alkanes) is 2. The molecule has 33 heavy (non-hydrogen) atoms. The molecule has 0 N–H and O–H groups in total.